The molecule has 0 bridgehead atoms. The van der Waals surface area contributed by atoms with Crippen LogP contribution in [0.15, 0.2) is 18.2 Å². The second-order valence-electron chi connectivity index (χ2n) is 7.02. The number of fused-ring (bicyclic) bond motifs is 1. The summed E-state index contributed by atoms with van der Waals surface area (Å²) < 4.78 is 17.6. The highest BCUT2D eigenvalue weighted by Gasteiger charge is 2.39. The van der Waals surface area contributed by atoms with Crippen molar-refractivity contribution in [2.45, 2.75) is 31.0 Å². The maximum absolute atomic E-state index is 11.3. The van der Waals surface area contributed by atoms with Crippen LogP contribution in [-0.4, -0.2) is 61.9 Å². The summed E-state index contributed by atoms with van der Waals surface area (Å²) in [6.07, 6.45) is 2.87. The number of halogens is 1. The molecule has 2 fully saturated rings. The largest absolute Gasteiger partial charge is 0.486 e. The first-order chi connectivity index (χ1) is 12.1. The van der Waals surface area contributed by atoms with Crippen LogP contribution in [0.5, 0.6) is 11.5 Å². The van der Waals surface area contributed by atoms with E-state index in [1.165, 1.54) is 0 Å². The number of amides is 1. The zero-order valence-electron chi connectivity index (χ0n) is 14.1. The first kappa shape index (κ1) is 16.9. The van der Waals surface area contributed by atoms with Crippen molar-refractivity contribution in [3.8, 4) is 11.5 Å². The predicted molar refractivity (Wildman–Crippen MR) is 93.3 cm³/mol. The Bertz CT molecular complexity index is 634. The quantitative estimate of drug-likeness (QED) is 0.884. The van der Waals surface area contributed by atoms with Crippen molar-refractivity contribution in [3.63, 3.8) is 0 Å². The SMILES string of the molecule is O=C1COC2(CCN(CCC3COc4ccc(Cl)cc4O3)CC2)CN1. The van der Waals surface area contributed by atoms with Gasteiger partial charge < -0.3 is 24.4 Å². The van der Waals surface area contributed by atoms with Gasteiger partial charge in [0.25, 0.3) is 0 Å². The Kier molecular flexibility index (Phi) is 4.75. The predicted octanol–water partition coefficient (Wildman–Crippen LogP) is 1.85. The van der Waals surface area contributed by atoms with Crippen LogP contribution in [0.3, 0.4) is 0 Å². The van der Waals surface area contributed by atoms with E-state index in [0.29, 0.717) is 18.2 Å². The Labute approximate surface area is 152 Å². The number of nitrogens with one attached hydrogen (secondary N) is 1. The van der Waals surface area contributed by atoms with Crippen LogP contribution in [0.4, 0.5) is 0 Å². The molecule has 3 aliphatic heterocycles. The molecule has 7 heteroatoms. The molecule has 0 aliphatic carbocycles. The number of carbonyl (C=O) groups is 1. The topological polar surface area (TPSA) is 60.0 Å². The highest BCUT2D eigenvalue weighted by atomic mass is 35.5. The van der Waals surface area contributed by atoms with Crippen molar-refractivity contribution >= 4 is 17.5 Å². The lowest BCUT2D eigenvalue weighted by molar-refractivity contribution is -0.150. The lowest BCUT2D eigenvalue weighted by atomic mass is 9.90. The Morgan fingerprint density at radius 1 is 1.28 bits per heavy atom. The number of piperidine rings is 1. The Morgan fingerprint density at radius 2 is 2.12 bits per heavy atom. The summed E-state index contributed by atoms with van der Waals surface area (Å²) in [5.41, 5.74) is -0.162. The summed E-state index contributed by atoms with van der Waals surface area (Å²) in [6.45, 7) is 4.32. The van der Waals surface area contributed by atoms with Crippen LogP contribution in [0.25, 0.3) is 0 Å². The minimum Gasteiger partial charge on any atom is -0.486 e. The van der Waals surface area contributed by atoms with E-state index in [-0.39, 0.29) is 24.2 Å². The normalized spacial score (nSPS) is 25.6. The fourth-order valence-electron chi connectivity index (χ4n) is 3.64. The van der Waals surface area contributed by atoms with E-state index in [9.17, 15) is 4.79 Å². The summed E-state index contributed by atoms with van der Waals surface area (Å²) in [5, 5.41) is 3.58. The summed E-state index contributed by atoms with van der Waals surface area (Å²) >= 11 is 6.02. The van der Waals surface area contributed by atoms with Gasteiger partial charge in [-0.15, -0.1) is 0 Å². The molecule has 1 N–H and O–H groups in total. The third-order valence-corrected chi connectivity index (χ3v) is 5.51. The van der Waals surface area contributed by atoms with Gasteiger partial charge in [-0.1, -0.05) is 11.6 Å². The van der Waals surface area contributed by atoms with Crippen molar-refractivity contribution in [2.24, 2.45) is 0 Å². The van der Waals surface area contributed by atoms with E-state index < -0.39 is 0 Å². The molecule has 0 radical (unpaired) electrons. The average Bonchev–Trinajstić information content (AvgIpc) is 2.63. The molecule has 3 heterocycles. The molecule has 1 aromatic carbocycles. The van der Waals surface area contributed by atoms with Gasteiger partial charge in [-0.2, -0.15) is 0 Å². The van der Waals surface area contributed by atoms with Gasteiger partial charge in [0.1, 0.15) is 19.3 Å². The van der Waals surface area contributed by atoms with E-state index in [1.54, 1.807) is 0 Å². The lowest BCUT2D eigenvalue weighted by Crippen LogP contribution is -2.57. The molecule has 0 saturated carbocycles. The van der Waals surface area contributed by atoms with Crippen LogP contribution in [0.1, 0.15) is 19.3 Å². The van der Waals surface area contributed by atoms with Crippen LogP contribution in [0, 0.1) is 0 Å². The van der Waals surface area contributed by atoms with E-state index in [1.807, 2.05) is 18.2 Å². The zero-order chi connectivity index (χ0) is 17.3. The smallest absolute Gasteiger partial charge is 0.246 e. The third-order valence-electron chi connectivity index (χ3n) is 5.28. The summed E-state index contributed by atoms with van der Waals surface area (Å²) in [6, 6.07) is 5.47. The molecule has 1 atom stereocenters. The number of morpholine rings is 1. The molecule has 1 spiro atoms. The van der Waals surface area contributed by atoms with Crippen molar-refractivity contribution in [2.75, 3.05) is 39.4 Å². The molecule has 6 nitrogen and oxygen atoms in total. The molecule has 1 amide bonds. The van der Waals surface area contributed by atoms with Gasteiger partial charge in [0.2, 0.25) is 5.91 Å². The molecule has 0 aromatic heterocycles. The second kappa shape index (κ2) is 7.02. The number of hydrogen-bond acceptors (Lipinski definition) is 5. The molecule has 2 saturated heterocycles. The van der Waals surface area contributed by atoms with Crippen LogP contribution in [0.2, 0.25) is 5.02 Å². The van der Waals surface area contributed by atoms with E-state index in [2.05, 4.69) is 10.2 Å². The Hall–Kier alpha value is -1.50. The molecule has 1 aromatic rings. The first-order valence-corrected chi connectivity index (χ1v) is 9.22. The van der Waals surface area contributed by atoms with Crippen LogP contribution in [-0.2, 0) is 9.53 Å². The van der Waals surface area contributed by atoms with Crippen molar-refractivity contribution in [1.82, 2.24) is 10.2 Å². The second-order valence-corrected chi connectivity index (χ2v) is 7.46. The standard InChI is InChI=1S/C18H23ClN2O4/c19-13-1-2-15-16(9-13)25-14(10-23-15)3-6-21-7-4-18(5-8-21)12-20-17(22)11-24-18/h1-2,9,14H,3-8,10-12H2,(H,20,22). The molecular weight excluding hydrogens is 344 g/mol. The third kappa shape index (κ3) is 3.86. The zero-order valence-corrected chi connectivity index (χ0v) is 14.9. The minimum absolute atomic E-state index is 0.0112. The van der Waals surface area contributed by atoms with Gasteiger partial charge in [0.15, 0.2) is 11.5 Å². The number of rotatable bonds is 3. The fraction of sp³-hybridized carbons (Fsp3) is 0.611. The highest BCUT2D eigenvalue weighted by Crippen LogP contribution is 2.35. The maximum Gasteiger partial charge on any atom is 0.246 e. The number of benzene rings is 1. The fourth-order valence-corrected chi connectivity index (χ4v) is 3.81. The average molecular weight is 367 g/mol. The number of ether oxygens (including phenoxy) is 3. The Morgan fingerprint density at radius 3 is 2.88 bits per heavy atom. The van der Waals surface area contributed by atoms with Gasteiger partial charge in [-0.05, 0) is 25.0 Å². The molecule has 4 rings (SSSR count). The summed E-state index contributed by atoms with van der Waals surface area (Å²) in [4.78, 5) is 13.7. The highest BCUT2D eigenvalue weighted by molar-refractivity contribution is 6.30. The van der Waals surface area contributed by atoms with Gasteiger partial charge in [-0.25, -0.2) is 0 Å². The molecule has 25 heavy (non-hydrogen) atoms. The monoisotopic (exact) mass is 366 g/mol. The van der Waals surface area contributed by atoms with Gasteiger partial charge >= 0.3 is 0 Å². The Balaban J connectivity index is 1.24. The number of nitrogens with zero attached hydrogens (tertiary/aromatic N) is 1. The molecule has 3 aliphatic rings. The summed E-state index contributed by atoms with van der Waals surface area (Å²) in [7, 11) is 0. The van der Waals surface area contributed by atoms with Crippen molar-refractivity contribution < 1.29 is 19.0 Å². The van der Waals surface area contributed by atoms with E-state index >= 15 is 0 Å². The molecule has 136 valence electrons. The van der Waals surface area contributed by atoms with Crippen LogP contribution < -0.4 is 14.8 Å². The van der Waals surface area contributed by atoms with E-state index in [0.717, 1.165) is 50.4 Å². The number of carbonyl (C=O) groups excluding carboxylic acids is 1. The maximum atomic E-state index is 11.3. The van der Waals surface area contributed by atoms with Crippen LogP contribution >= 0.6 is 11.6 Å². The molecule has 1 unspecified atom stereocenters. The van der Waals surface area contributed by atoms with Crippen molar-refractivity contribution in [1.29, 1.82) is 0 Å². The number of hydrogen-bond donors (Lipinski definition) is 1. The van der Waals surface area contributed by atoms with Gasteiger partial charge in [0, 0.05) is 43.7 Å². The lowest BCUT2D eigenvalue weighted by Gasteiger charge is -2.43. The van der Waals surface area contributed by atoms with Crippen molar-refractivity contribution in [3.05, 3.63) is 23.2 Å². The van der Waals surface area contributed by atoms with Gasteiger partial charge in [-0.3, -0.25) is 4.79 Å². The van der Waals surface area contributed by atoms with E-state index in [4.69, 9.17) is 25.8 Å². The number of likely N-dealkylation sites (tertiary alicyclic amines) is 1. The summed E-state index contributed by atoms with van der Waals surface area (Å²) in [5.74, 6) is 1.48. The van der Waals surface area contributed by atoms with Gasteiger partial charge in [0.05, 0.1) is 5.60 Å². The first-order valence-electron chi connectivity index (χ1n) is 8.84. The molecular formula is C18H23ClN2O4. The minimum atomic E-state index is -0.162.